The molecule has 19 heavy (non-hydrogen) atoms. The Kier molecular flexibility index (Phi) is 5.39. The molecule has 1 aliphatic rings. The first-order chi connectivity index (χ1) is 9.25. The smallest absolute Gasteiger partial charge is 0.254 e. The molecule has 0 atom stereocenters. The minimum atomic E-state index is -0.0456. The summed E-state index contributed by atoms with van der Waals surface area (Å²) in [7, 11) is 1.81. The van der Waals surface area contributed by atoms with E-state index in [1.165, 1.54) is 38.5 Å². The zero-order valence-corrected chi connectivity index (χ0v) is 11.7. The summed E-state index contributed by atoms with van der Waals surface area (Å²) in [5.41, 5.74) is 0.622. The molecule has 0 spiro atoms. The van der Waals surface area contributed by atoms with E-state index in [1.54, 1.807) is 17.1 Å². The predicted molar refractivity (Wildman–Crippen MR) is 75.0 cm³/mol. The molecule has 0 aromatic carbocycles. The zero-order valence-electron chi connectivity index (χ0n) is 11.7. The van der Waals surface area contributed by atoms with E-state index in [0.29, 0.717) is 18.2 Å². The monoisotopic (exact) mass is 264 g/mol. The molecule has 2 N–H and O–H groups in total. The molecule has 106 valence electrons. The molecule has 0 unspecified atom stereocenters. The van der Waals surface area contributed by atoms with Gasteiger partial charge in [0.1, 0.15) is 0 Å². The molecular weight excluding hydrogens is 240 g/mol. The topological polar surface area (TPSA) is 59.0 Å². The summed E-state index contributed by atoms with van der Waals surface area (Å²) in [6, 6.07) is 0.637. The molecular formula is C14H24N4O. The van der Waals surface area contributed by atoms with Crippen LogP contribution in [0, 0.1) is 0 Å². The Morgan fingerprint density at radius 1 is 1.32 bits per heavy atom. The third-order valence-electron chi connectivity index (χ3n) is 3.67. The number of hydrogen-bond acceptors (Lipinski definition) is 3. The standard InChI is InChI=1S/C14H24N4O/c1-18-11-12(10-17-18)14(19)16-9-8-15-13-6-4-2-3-5-7-13/h10-11,13,15H,2-9H2,1H3,(H,16,19). The molecule has 2 rings (SSSR count). The fourth-order valence-corrected chi connectivity index (χ4v) is 2.58. The van der Waals surface area contributed by atoms with Crippen molar-refractivity contribution < 1.29 is 4.79 Å². The fraction of sp³-hybridized carbons (Fsp3) is 0.714. The fourth-order valence-electron chi connectivity index (χ4n) is 2.58. The van der Waals surface area contributed by atoms with Crippen LogP contribution in [0.2, 0.25) is 0 Å². The lowest BCUT2D eigenvalue weighted by Gasteiger charge is -2.16. The highest BCUT2D eigenvalue weighted by Gasteiger charge is 2.11. The minimum Gasteiger partial charge on any atom is -0.351 e. The van der Waals surface area contributed by atoms with Gasteiger partial charge in [-0.3, -0.25) is 9.48 Å². The molecule has 5 nitrogen and oxygen atoms in total. The van der Waals surface area contributed by atoms with Gasteiger partial charge in [0.15, 0.2) is 0 Å². The number of rotatable bonds is 5. The maximum absolute atomic E-state index is 11.8. The summed E-state index contributed by atoms with van der Waals surface area (Å²) in [5.74, 6) is -0.0456. The maximum atomic E-state index is 11.8. The van der Waals surface area contributed by atoms with Crippen molar-refractivity contribution in [2.45, 2.75) is 44.6 Å². The van der Waals surface area contributed by atoms with Crippen molar-refractivity contribution in [3.63, 3.8) is 0 Å². The minimum absolute atomic E-state index is 0.0456. The first-order valence-electron chi connectivity index (χ1n) is 7.26. The van der Waals surface area contributed by atoms with Crippen LogP contribution in [0.4, 0.5) is 0 Å². The van der Waals surface area contributed by atoms with E-state index >= 15 is 0 Å². The lowest BCUT2D eigenvalue weighted by molar-refractivity contribution is 0.0953. The number of carbonyl (C=O) groups is 1. The van der Waals surface area contributed by atoms with Gasteiger partial charge in [-0.15, -0.1) is 0 Å². The lowest BCUT2D eigenvalue weighted by atomic mass is 10.1. The van der Waals surface area contributed by atoms with Crippen LogP contribution >= 0.6 is 0 Å². The van der Waals surface area contributed by atoms with Crippen molar-refractivity contribution in [2.75, 3.05) is 13.1 Å². The van der Waals surface area contributed by atoms with Gasteiger partial charge in [-0.05, 0) is 12.8 Å². The SMILES string of the molecule is Cn1cc(C(=O)NCCNC2CCCCCC2)cn1. The Labute approximate surface area is 114 Å². The van der Waals surface area contributed by atoms with Crippen molar-refractivity contribution in [1.82, 2.24) is 20.4 Å². The van der Waals surface area contributed by atoms with Crippen LogP contribution in [0.25, 0.3) is 0 Å². The quantitative estimate of drug-likeness (QED) is 0.625. The van der Waals surface area contributed by atoms with Crippen LogP contribution in [-0.4, -0.2) is 34.8 Å². The summed E-state index contributed by atoms with van der Waals surface area (Å²) in [6.07, 6.45) is 11.3. The zero-order chi connectivity index (χ0) is 13.5. The highest BCUT2D eigenvalue weighted by atomic mass is 16.1. The summed E-state index contributed by atoms with van der Waals surface area (Å²) >= 11 is 0. The van der Waals surface area contributed by atoms with Crippen LogP contribution in [0.15, 0.2) is 12.4 Å². The summed E-state index contributed by atoms with van der Waals surface area (Å²) in [5, 5.41) is 10.4. The number of nitrogens with zero attached hydrogens (tertiary/aromatic N) is 2. The average Bonchev–Trinajstić information content (AvgIpc) is 2.68. The molecule has 1 amide bonds. The van der Waals surface area contributed by atoms with E-state index in [1.807, 2.05) is 7.05 Å². The van der Waals surface area contributed by atoms with Crippen molar-refractivity contribution in [2.24, 2.45) is 7.05 Å². The van der Waals surface area contributed by atoms with Crippen LogP contribution in [-0.2, 0) is 7.05 Å². The van der Waals surface area contributed by atoms with Crippen molar-refractivity contribution in [3.8, 4) is 0 Å². The number of nitrogens with one attached hydrogen (secondary N) is 2. The number of aromatic nitrogens is 2. The predicted octanol–water partition coefficient (Wildman–Crippen LogP) is 1.46. The van der Waals surface area contributed by atoms with Gasteiger partial charge in [0.2, 0.25) is 0 Å². The van der Waals surface area contributed by atoms with Crippen molar-refractivity contribution in [1.29, 1.82) is 0 Å². The van der Waals surface area contributed by atoms with E-state index in [4.69, 9.17) is 0 Å². The molecule has 1 saturated carbocycles. The highest BCUT2D eigenvalue weighted by Crippen LogP contribution is 2.16. The summed E-state index contributed by atoms with van der Waals surface area (Å²) in [6.45, 7) is 1.51. The normalized spacial score (nSPS) is 17.1. The van der Waals surface area contributed by atoms with Gasteiger partial charge in [0.25, 0.3) is 5.91 Å². The maximum Gasteiger partial charge on any atom is 0.254 e. The second-order valence-corrected chi connectivity index (χ2v) is 5.30. The van der Waals surface area contributed by atoms with Crippen LogP contribution < -0.4 is 10.6 Å². The Bertz CT molecular complexity index is 394. The second kappa shape index (κ2) is 7.28. The third kappa shape index (κ3) is 4.67. The number of aryl methyl sites for hydroxylation is 1. The summed E-state index contributed by atoms with van der Waals surface area (Å²) in [4.78, 5) is 11.8. The molecule has 1 heterocycles. The number of carbonyl (C=O) groups excluding carboxylic acids is 1. The molecule has 0 saturated heterocycles. The van der Waals surface area contributed by atoms with Gasteiger partial charge in [0, 0.05) is 32.4 Å². The molecule has 5 heteroatoms. The van der Waals surface area contributed by atoms with Gasteiger partial charge in [0.05, 0.1) is 11.8 Å². The molecule has 0 bridgehead atoms. The Morgan fingerprint density at radius 2 is 2.05 bits per heavy atom. The van der Waals surface area contributed by atoms with Gasteiger partial charge >= 0.3 is 0 Å². The van der Waals surface area contributed by atoms with E-state index in [9.17, 15) is 4.79 Å². The average molecular weight is 264 g/mol. The molecule has 1 aromatic heterocycles. The van der Waals surface area contributed by atoms with Crippen molar-refractivity contribution >= 4 is 5.91 Å². The summed E-state index contributed by atoms with van der Waals surface area (Å²) < 4.78 is 1.64. The molecule has 0 aliphatic heterocycles. The Hall–Kier alpha value is -1.36. The van der Waals surface area contributed by atoms with Gasteiger partial charge in [-0.25, -0.2) is 0 Å². The molecule has 1 fully saturated rings. The number of hydrogen-bond donors (Lipinski definition) is 2. The van der Waals surface area contributed by atoms with E-state index in [0.717, 1.165) is 6.54 Å². The van der Waals surface area contributed by atoms with Gasteiger partial charge in [-0.2, -0.15) is 5.10 Å². The molecule has 1 aliphatic carbocycles. The largest absolute Gasteiger partial charge is 0.351 e. The van der Waals surface area contributed by atoms with Gasteiger partial charge < -0.3 is 10.6 Å². The van der Waals surface area contributed by atoms with E-state index < -0.39 is 0 Å². The molecule has 0 radical (unpaired) electrons. The van der Waals surface area contributed by atoms with Crippen LogP contribution in [0.5, 0.6) is 0 Å². The first-order valence-corrected chi connectivity index (χ1v) is 7.26. The first kappa shape index (κ1) is 14.1. The van der Waals surface area contributed by atoms with E-state index in [-0.39, 0.29) is 5.91 Å². The lowest BCUT2D eigenvalue weighted by Crippen LogP contribution is -2.36. The number of amides is 1. The van der Waals surface area contributed by atoms with Crippen LogP contribution in [0.1, 0.15) is 48.9 Å². The molecule has 1 aromatic rings. The highest BCUT2D eigenvalue weighted by molar-refractivity contribution is 5.93. The Balaban J connectivity index is 1.62. The Morgan fingerprint density at radius 3 is 2.68 bits per heavy atom. The second-order valence-electron chi connectivity index (χ2n) is 5.30. The van der Waals surface area contributed by atoms with E-state index in [2.05, 4.69) is 15.7 Å². The van der Waals surface area contributed by atoms with Crippen LogP contribution in [0.3, 0.4) is 0 Å². The van der Waals surface area contributed by atoms with Gasteiger partial charge in [-0.1, -0.05) is 25.7 Å². The third-order valence-corrected chi connectivity index (χ3v) is 3.67. The van der Waals surface area contributed by atoms with Crippen molar-refractivity contribution in [3.05, 3.63) is 18.0 Å².